The Morgan fingerprint density at radius 2 is 1.92 bits per heavy atom. The summed E-state index contributed by atoms with van der Waals surface area (Å²) in [5, 5.41) is 5.08. The highest BCUT2D eigenvalue weighted by Gasteiger charge is 2.15. The van der Waals surface area contributed by atoms with Crippen LogP contribution in [0.1, 0.15) is 12.5 Å². The molecule has 6 nitrogen and oxygen atoms in total. The number of carbonyl (C=O) groups is 2. The van der Waals surface area contributed by atoms with Crippen LogP contribution in [0.4, 0.5) is 19.3 Å². The maximum Gasteiger partial charge on any atom is 0.316 e. The van der Waals surface area contributed by atoms with E-state index in [4.69, 9.17) is 10.5 Å². The molecule has 25 heavy (non-hydrogen) atoms. The van der Waals surface area contributed by atoms with Crippen molar-refractivity contribution >= 4 is 17.6 Å². The molecule has 0 fully saturated rings. The van der Waals surface area contributed by atoms with Gasteiger partial charge in [-0.1, -0.05) is 12.1 Å². The normalized spacial score (nSPS) is 11.5. The van der Waals surface area contributed by atoms with Gasteiger partial charge in [-0.15, -0.1) is 0 Å². The number of hydrogen-bond donors (Lipinski definition) is 3. The number of carbonyl (C=O) groups excluding carboxylic acids is 2. The van der Waals surface area contributed by atoms with E-state index in [1.54, 1.807) is 24.3 Å². The Labute approximate surface area is 143 Å². The Bertz CT molecular complexity index is 783. The highest BCUT2D eigenvalue weighted by molar-refractivity contribution is 5.87. The highest BCUT2D eigenvalue weighted by atomic mass is 19.2. The minimum absolute atomic E-state index is 0.0502. The van der Waals surface area contributed by atoms with Crippen LogP contribution in [0.3, 0.4) is 0 Å². The highest BCUT2D eigenvalue weighted by Crippen LogP contribution is 2.17. The first-order chi connectivity index (χ1) is 11.8. The lowest BCUT2D eigenvalue weighted by Gasteiger charge is -2.15. The minimum Gasteiger partial charge on any atom is -0.481 e. The van der Waals surface area contributed by atoms with Gasteiger partial charge >= 0.3 is 6.03 Å². The van der Waals surface area contributed by atoms with Crippen molar-refractivity contribution in [2.75, 3.05) is 5.32 Å². The molecule has 0 saturated carbocycles. The predicted octanol–water partition coefficient (Wildman–Crippen LogP) is 2.54. The van der Waals surface area contributed by atoms with Crippen LogP contribution in [0.5, 0.6) is 5.75 Å². The molecule has 0 aliphatic heterocycles. The van der Waals surface area contributed by atoms with E-state index in [-0.39, 0.29) is 12.3 Å². The zero-order valence-corrected chi connectivity index (χ0v) is 13.4. The summed E-state index contributed by atoms with van der Waals surface area (Å²) in [6, 6.07) is 9.12. The van der Waals surface area contributed by atoms with Gasteiger partial charge in [0.15, 0.2) is 17.7 Å². The third kappa shape index (κ3) is 5.45. The first-order valence-corrected chi connectivity index (χ1v) is 7.40. The number of anilines is 1. The Morgan fingerprint density at radius 1 is 1.16 bits per heavy atom. The Kier molecular flexibility index (Phi) is 5.89. The number of amides is 3. The van der Waals surface area contributed by atoms with Crippen LogP contribution in [-0.2, 0) is 11.3 Å². The van der Waals surface area contributed by atoms with Gasteiger partial charge in [-0.2, -0.15) is 0 Å². The number of halogens is 2. The number of primary amides is 1. The summed E-state index contributed by atoms with van der Waals surface area (Å²) < 4.78 is 31.3. The van der Waals surface area contributed by atoms with Crippen LogP contribution in [-0.4, -0.2) is 18.0 Å². The van der Waals surface area contributed by atoms with Gasteiger partial charge in [0.2, 0.25) is 0 Å². The fourth-order valence-electron chi connectivity index (χ4n) is 2.04. The number of nitrogens with one attached hydrogen (secondary N) is 2. The van der Waals surface area contributed by atoms with Gasteiger partial charge in [0.25, 0.3) is 5.91 Å². The van der Waals surface area contributed by atoms with Gasteiger partial charge in [-0.25, -0.2) is 13.6 Å². The second-order valence-corrected chi connectivity index (χ2v) is 5.24. The molecule has 3 amide bonds. The van der Waals surface area contributed by atoms with Crippen molar-refractivity contribution in [2.24, 2.45) is 5.73 Å². The van der Waals surface area contributed by atoms with Crippen molar-refractivity contribution in [3.63, 3.8) is 0 Å². The molecule has 132 valence electrons. The molecular weight excluding hydrogens is 332 g/mol. The van der Waals surface area contributed by atoms with E-state index in [0.29, 0.717) is 5.69 Å². The molecular formula is C17H17F2N3O3. The molecule has 2 rings (SSSR count). The van der Waals surface area contributed by atoms with Crippen LogP contribution in [0.25, 0.3) is 0 Å². The van der Waals surface area contributed by atoms with E-state index in [2.05, 4.69) is 10.6 Å². The summed E-state index contributed by atoms with van der Waals surface area (Å²) in [5.74, 6) is -2.43. The third-order valence-corrected chi connectivity index (χ3v) is 3.23. The Hall–Kier alpha value is -3.16. The van der Waals surface area contributed by atoms with Crippen molar-refractivity contribution < 1.29 is 23.1 Å². The van der Waals surface area contributed by atoms with Gasteiger partial charge in [-0.05, 0) is 36.8 Å². The number of nitrogens with two attached hydrogens (primary N) is 1. The van der Waals surface area contributed by atoms with Crippen LogP contribution >= 0.6 is 0 Å². The van der Waals surface area contributed by atoms with Crippen LogP contribution in [0, 0.1) is 11.6 Å². The fourth-order valence-corrected chi connectivity index (χ4v) is 2.04. The van der Waals surface area contributed by atoms with E-state index in [1.807, 2.05) is 0 Å². The van der Waals surface area contributed by atoms with Crippen molar-refractivity contribution in [3.8, 4) is 5.75 Å². The van der Waals surface area contributed by atoms with Crippen LogP contribution in [0.2, 0.25) is 0 Å². The lowest BCUT2D eigenvalue weighted by Crippen LogP contribution is -2.35. The number of ether oxygens (including phenoxy) is 1. The summed E-state index contributed by atoms with van der Waals surface area (Å²) in [4.78, 5) is 22.9. The van der Waals surface area contributed by atoms with E-state index in [0.717, 1.165) is 17.7 Å². The lowest BCUT2D eigenvalue weighted by molar-refractivity contribution is -0.127. The maximum atomic E-state index is 13.1. The summed E-state index contributed by atoms with van der Waals surface area (Å²) in [5.41, 5.74) is 6.28. The second kappa shape index (κ2) is 8.09. The molecule has 0 spiro atoms. The molecule has 0 aliphatic rings. The van der Waals surface area contributed by atoms with Gasteiger partial charge < -0.3 is 21.1 Å². The molecule has 0 aromatic heterocycles. The van der Waals surface area contributed by atoms with Gasteiger partial charge in [0.05, 0.1) is 0 Å². The molecule has 0 heterocycles. The van der Waals surface area contributed by atoms with Crippen molar-refractivity contribution in [1.82, 2.24) is 5.32 Å². The summed E-state index contributed by atoms with van der Waals surface area (Å²) >= 11 is 0. The molecule has 0 bridgehead atoms. The molecule has 0 aliphatic carbocycles. The summed E-state index contributed by atoms with van der Waals surface area (Å²) in [6.07, 6.45) is -0.906. The molecule has 1 atom stereocenters. The van der Waals surface area contributed by atoms with Crippen LogP contribution < -0.4 is 21.1 Å². The van der Waals surface area contributed by atoms with Crippen LogP contribution in [0.15, 0.2) is 42.5 Å². The second-order valence-electron chi connectivity index (χ2n) is 5.24. The van der Waals surface area contributed by atoms with E-state index in [9.17, 15) is 18.4 Å². The minimum atomic E-state index is -1.05. The topological polar surface area (TPSA) is 93.4 Å². The van der Waals surface area contributed by atoms with E-state index >= 15 is 0 Å². The van der Waals surface area contributed by atoms with Gasteiger partial charge in [0.1, 0.15) is 5.75 Å². The molecule has 0 saturated heterocycles. The Morgan fingerprint density at radius 3 is 2.60 bits per heavy atom. The summed E-state index contributed by atoms with van der Waals surface area (Å²) in [6.45, 7) is 1.68. The van der Waals surface area contributed by atoms with Crippen molar-refractivity contribution in [3.05, 3.63) is 59.7 Å². The molecule has 2 aromatic rings. The monoisotopic (exact) mass is 349 g/mol. The number of benzene rings is 2. The van der Waals surface area contributed by atoms with Crippen molar-refractivity contribution in [1.29, 1.82) is 0 Å². The SMILES string of the molecule is C[C@H](Oc1ccc(F)c(F)c1)C(=O)NCc1cccc(NC(N)=O)c1. The third-order valence-electron chi connectivity index (χ3n) is 3.23. The number of hydrogen-bond acceptors (Lipinski definition) is 3. The van der Waals surface area contributed by atoms with Gasteiger partial charge in [0, 0.05) is 18.3 Å². The first kappa shape index (κ1) is 18.2. The Balaban J connectivity index is 1.90. The number of rotatable bonds is 6. The largest absolute Gasteiger partial charge is 0.481 e. The maximum absolute atomic E-state index is 13.1. The molecule has 2 aromatic carbocycles. The average molecular weight is 349 g/mol. The molecule has 0 radical (unpaired) electrons. The molecule has 8 heteroatoms. The van der Waals surface area contributed by atoms with E-state index in [1.165, 1.54) is 13.0 Å². The average Bonchev–Trinajstić information content (AvgIpc) is 2.55. The van der Waals surface area contributed by atoms with Gasteiger partial charge in [-0.3, -0.25) is 4.79 Å². The van der Waals surface area contributed by atoms with Crippen molar-refractivity contribution in [2.45, 2.75) is 19.6 Å². The zero-order valence-electron chi connectivity index (χ0n) is 13.4. The zero-order chi connectivity index (χ0) is 18.4. The molecule has 4 N–H and O–H groups in total. The fraction of sp³-hybridized carbons (Fsp3) is 0.176. The predicted molar refractivity (Wildman–Crippen MR) is 87.9 cm³/mol. The quantitative estimate of drug-likeness (QED) is 0.748. The molecule has 0 unspecified atom stereocenters. The van der Waals surface area contributed by atoms with E-state index < -0.39 is 29.7 Å². The number of urea groups is 1. The smallest absolute Gasteiger partial charge is 0.316 e. The summed E-state index contributed by atoms with van der Waals surface area (Å²) in [7, 11) is 0. The first-order valence-electron chi connectivity index (χ1n) is 7.40. The standard InChI is InChI=1S/C17H17F2N3O3/c1-10(25-13-5-6-14(18)15(19)8-13)16(23)21-9-11-3-2-4-12(7-11)22-17(20)24/h2-8,10H,9H2,1H3,(H,21,23)(H3,20,22,24)/t10-/m0/s1. The lowest BCUT2D eigenvalue weighted by atomic mass is 10.2.